The summed E-state index contributed by atoms with van der Waals surface area (Å²) in [4.78, 5) is 0. The van der Waals surface area contributed by atoms with Crippen molar-refractivity contribution in [1.29, 1.82) is 0 Å². The lowest BCUT2D eigenvalue weighted by molar-refractivity contribution is 0.642. The maximum absolute atomic E-state index is 14.9. The minimum absolute atomic E-state index is 0.132. The van der Waals surface area contributed by atoms with Gasteiger partial charge in [-0.05, 0) is 44.5 Å². The lowest BCUT2D eigenvalue weighted by Crippen LogP contribution is -1.94. The third-order valence-corrected chi connectivity index (χ3v) is 4.45. The fourth-order valence-corrected chi connectivity index (χ4v) is 3.42. The Hall–Kier alpha value is -2.41. The highest BCUT2D eigenvalue weighted by Gasteiger charge is 2.15. The van der Waals surface area contributed by atoms with Gasteiger partial charge in [0.2, 0.25) is 0 Å². The van der Waals surface area contributed by atoms with Crippen LogP contribution in [0.2, 0.25) is 0 Å². The summed E-state index contributed by atoms with van der Waals surface area (Å²) in [5.74, 6) is 0.213. The van der Waals surface area contributed by atoms with Gasteiger partial charge in [-0.1, -0.05) is 68.4 Å². The molecule has 22 heavy (non-hydrogen) atoms. The molecule has 108 valence electrons. The average Bonchev–Trinajstić information content (AvgIpc) is 2.53. The molecule has 0 amide bonds. The van der Waals surface area contributed by atoms with Gasteiger partial charge in [0, 0.05) is 5.39 Å². The van der Waals surface area contributed by atoms with E-state index in [-0.39, 0.29) is 5.82 Å². The second-order valence-electron chi connectivity index (χ2n) is 6.17. The van der Waals surface area contributed by atoms with Crippen molar-refractivity contribution in [3.63, 3.8) is 0 Å². The SMILES string of the molecule is CC(C)c1cc2ccccc2c2c(F)cc3ccccc3c12. The molecule has 0 saturated heterocycles. The van der Waals surface area contributed by atoms with E-state index < -0.39 is 0 Å². The third kappa shape index (κ3) is 1.82. The van der Waals surface area contributed by atoms with E-state index in [0.717, 1.165) is 32.3 Å². The summed E-state index contributed by atoms with van der Waals surface area (Å²) in [6.07, 6.45) is 0. The average molecular weight is 288 g/mol. The lowest BCUT2D eigenvalue weighted by atomic mass is 9.88. The van der Waals surface area contributed by atoms with E-state index in [2.05, 4.69) is 32.0 Å². The molecule has 0 N–H and O–H groups in total. The monoisotopic (exact) mass is 288 g/mol. The lowest BCUT2D eigenvalue weighted by Gasteiger charge is -2.16. The minimum Gasteiger partial charge on any atom is -0.206 e. The highest BCUT2D eigenvalue weighted by Crippen LogP contribution is 2.38. The van der Waals surface area contributed by atoms with Crippen LogP contribution < -0.4 is 0 Å². The maximum atomic E-state index is 14.9. The van der Waals surface area contributed by atoms with Gasteiger partial charge in [-0.2, -0.15) is 0 Å². The Labute approximate surface area is 129 Å². The van der Waals surface area contributed by atoms with Crippen LogP contribution in [0, 0.1) is 5.82 Å². The van der Waals surface area contributed by atoms with Gasteiger partial charge < -0.3 is 0 Å². The molecule has 0 aliphatic rings. The fraction of sp³-hybridized carbons (Fsp3) is 0.143. The van der Waals surface area contributed by atoms with Crippen molar-refractivity contribution in [2.75, 3.05) is 0 Å². The first kappa shape index (κ1) is 13.3. The van der Waals surface area contributed by atoms with Crippen molar-refractivity contribution in [3.05, 3.63) is 72.0 Å². The van der Waals surface area contributed by atoms with E-state index in [1.165, 1.54) is 5.56 Å². The second-order valence-corrected chi connectivity index (χ2v) is 6.17. The molecule has 0 saturated carbocycles. The Balaban J connectivity index is 2.38. The number of hydrogen-bond donors (Lipinski definition) is 0. The number of rotatable bonds is 1. The van der Waals surface area contributed by atoms with Crippen LogP contribution in [0.4, 0.5) is 4.39 Å². The van der Waals surface area contributed by atoms with Crippen molar-refractivity contribution in [2.45, 2.75) is 19.8 Å². The zero-order valence-electron chi connectivity index (χ0n) is 12.7. The summed E-state index contributed by atoms with van der Waals surface area (Å²) < 4.78 is 14.9. The van der Waals surface area contributed by atoms with Crippen LogP contribution in [0.25, 0.3) is 32.3 Å². The Morgan fingerprint density at radius 2 is 1.27 bits per heavy atom. The molecule has 1 heteroatoms. The molecule has 0 spiro atoms. The minimum atomic E-state index is -0.132. The molecule has 0 aromatic heterocycles. The van der Waals surface area contributed by atoms with Gasteiger partial charge in [-0.25, -0.2) is 4.39 Å². The number of fused-ring (bicyclic) bond motifs is 5. The predicted molar refractivity (Wildman–Crippen MR) is 93.0 cm³/mol. The van der Waals surface area contributed by atoms with Crippen LogP contribution in [0.3, 0.4) is 0 Å². The van der Waals surface area contributed by atoms with E-state index in [4.69, 9.17) is 0 Å². The summed E-state index contributed by atoms with van der Waals surface area (Å²) in [7, 11) is 0. The molecular formula is C21H17F. The number of benzene rings is 4. The molecule has 0 bridgehead atoms. The van der Waals surface area contributed by atoms with E-state index >= 15 is 0 Å². The van der Waals surface area contributed by atoms with Gasteiger partial charge in [0.25, 0.3) is 0 Å². The third-order valence-electron chi connectivity index (χ3n) is 4.45. The van der Waals surface area contributed by atoms with E-state index in [1.54, 1.807) is 6.07 Å². The Morgan fingerprint density at radius 3 is 1.91 bits per heavy atom. The molecule has 4 rings (SSSR count). The summed E-state index contributed by atoms with van der Waals surface area (Å²) >= 11 is 0. The van der Waals surface area contributed by atoms with Crippen molar-refractivity contribution in [2.24, 2.45) is 0 Å². The molecule has 0 atom stereocenters. The van der Waals surface area contributed by atoms with Crippen molar-refractivity contribution in [1.82, 2.24) is 0 Å². The second kappa shape index (κ2) is 4.81. The van der Waals surface area contributed by atoms with Gasteiger partial charge in [0.1, 0.15) is 5.82 Å². The molecule has 0 radical (unpaired) electrons. The predicted octanol–water partition coefficient (Wildman–Crippen LogP) is 6.41. The fourth-order valence-electron chi connectivity index (χ4n) is 3.42. The maximum Gasteiger partial charge on any atom is 0.132 e. The van der Waals surface area contributed by atoms with Gasteiger partial charge in [0.15, 0.2) is 0 Å². The topological polar surface area (TPSA) is 0 Å². The zero-order valence-corrected chi connectivity index (χ0v) is 12.7. The first-order valence-electron chi connectivity index (χ1n) is 7.69. The Kier molecular flexibility index (Phi) is 2.90. The molecule has 0 unspecified atom stereocenters. The van der Waals surface area contributed by atoms with Crippen LogP contribution >= 0.6 is 0 Å². The summed E-state index contributed by atoms with van der Waals surface area (Å²) in [6.45, 7) is 4.34. The largest absolute Gasteiger partial charge is 0.206 e. The molecular weight excluding hydrogens is 271 g/mol. The van der Waals surface area contributed by atoms with Gasteiger partial charge in [-0.15, -0.1) is 0 Å². The quantitative estimate of drug-likeness (QED) is 0.355. The Bertz CT molecular complexity index is 1010. The molecule has 4 aromatic carbocycles. The normalized spacial score (nSPS) is 11.8. The highest BCUT2D eigenvalue weighted by atomic mass is 19.1. The van der Waals surface area contributed by atoms with Crippen molar-refractivity contribution < 1.29 is 4.39 Å². The molecule has 4 aromatic rings. The van der Waals surface area contributed by atoms with Crippen LogP contribution in [-0.2, 0) is 0 Å². The number of halogens is 1. The zero-order chi connectivity index (χ0) is 15.3. The van der Waals surface area contributed by atoms with Gasteiger partial charge in [-0.3, -0.25) is 0 Å². The summed E-state index contributed by atoms with van der Waals surface area (Å²) in [5.41, 5.74) is 1.21. The van der Waals surface area contributed by atoms with E-state index in [1.807, 2.05) is 36.4 Å². The summed E-state index contributed by atoms with van der Waals surface area (Å²) in [6, 6.07) is 20.0. The van der Waals surface area contributed by atoms with Crippen LogP contribution in [-0.4, -0.2) is 0 Å². The molecule has 0 aliphatic carbocycles. The van der Waals surface area contributed by atoms with Gasteiger partial charge >= 0.3 is 0 Å². The van der Waals surface area contributed by atoms with Gasteiger partial charge in [0.05, 0.1) is 0 Å². The number of hydrogen-bond acceptors (Lipinski definition) is 0. The highest BCUT2D eigenvalue weighted by molar-refractivity contribution is 6.19. The Morgan fingerprint density at radius 1 is 0.727 bits per heavy atom. The van der Waals surface area contributed by atoms with Crippen LogP contribution in [0.1, 0.15) is 25.3 Å². The van der Waals surface area contributed by atoms with Crippen LogP contribution in [0.15, 0.2) is 60.7 Å². The summed E-state index contributed by atoms with van der Waals surface area (Å²) in [5, 5.41) is 6.00. The first-order valence-corrected chi connectivity index (χ1v) is 7.69. The van der Waals surface area contributed by atoms with E-state index in [9.17, 15) is 4.39 Å². The van der Waals surface area contributed by atoms with E-state index in [0.29, 0.717) is 5.92 Å². The smallest absolute Gasteiger partial charge is 0.132 e. The molecule has 0 nitrogen and oxygen atoms in total. The molecule has 0 aliphatic heterocycles. The van der Waals surface area contributed by atoms with Crippen molar-refractivity contribution in [3.8, 4) is 0 Å². The van der Waals surface area contributed by atoms with Crippen molar-refractivity contribution >= 4 is 32.3 Å². The molecule has 0 heterocycles. The first-order chi connectivity index (χ1) is 10.7. The standard InChI is InChI=1S/C21H17F/c1-13(2)18-11-14-7-3-6-10-17(14)21-19(22)12-15-8-4-5-9-16(15)20(18)21/h3-13H,1-2H3. The molecule has 0 fully saturated rings. The van der Waals surface area contributed by atoms with Crippen LogP contribution in [0.5, 0.6) is 0 Å².